The van der Waals surface area contributed by atoms with E-state index in [-0.39, 0.29) is 0 Å². The molecule has 1 fully saturated rings. The van der Waals surface area contributed by atoms with Crippen molar-refractivity contribution in [2.75, 3.05) is 0 Å². The first-order valence-electron chi connectivity index (χ1n) is 6.20. The topological polar surface area (TPSA) is 79.1 Å². The largest absolute Gasteiger partial charge is 0.480 e. The molecule has 3 rings (SSSR count). The maximum atomic E-state index is 11.2. The molecule has 1 aliphatic carbocycles. The molecule has 18 heavy (non-hydrogen) atoms. The van der Waals surface area contributed by atoms with E-state index in [2.05, 4.69) is 4.98 Å². The summed E-state index contributed by atoms with van der Waals surface area (Å²) >= 11 is 0. The summed E-state index contributed by atoms with van der Waals surface area (Å²) in [7, 11) is 0. The van der Waals surface area contributed by atoms with E-state index in [0.29, 0.717) is 0 Å². The van der Waals surface area contributed by atoms with Gasteiger partial charge in [0.2, 0.25) is 0 Å². The standard InChI is InChI=1S/C14H16N2O2/c15-12(13(17)18)14(6-3-7-14)10-8-16-11-5-2-1-4-9(10)11/h1-2,4-5,8,12,16H,3,6-7,15H2,(H,17,18). The van der Waals surface area contributed by atoms with Crippen molar-refractivity contribution in [1.29, 1.82) is 0 Å². The van der Waals surface area contributed by atoms with Gasteiger partial charge in [-0.3, -0.25) is 4.79 Å². The van der Waals surface area contributed by atoms with Gasteiger partial charge < -0.3 is 15.8 Å². The normalized spacial score (nSPS) is 19.4. The number of hydrogen-bond donors (Lipinski definition) is 3. The van der Waals surface area contributed by atoms with Crippen LogP contribution in [0.2, 0.25) is 0 Å². The highest BCUT2D eigenvalue weighted by Gasteiger charge is 2.48. The molecule has 0 aliphatic heterocycles. The van der Waals surface area contributed by atoms with Crippen molar-refractivity contribution in [2.45, 2.75) is 30.7 Å². The Labute approximate surface area is 105 Å². The molecule has 1 atom stereocenters. The van der Waals surface area contributed by atoms with Crippen LogP contribution in [0.4, 0.5) is 0 Å². The number of nitrogens with two attached hydrogens (primary N) is 1. The van der Waals surface area contributed by atoms with E-state index >= 15 is 0 Å². The first kappa shape index (κ1) is 11.3. The van der Waals surface area contributed by atoms with Crippen LogP contribution >= 0.6 is 0 Å². The second-order valence-corrected chi connectivity index (χ2v) is 5.07. The lowest BCUT2D eigenvalue weighted by atomic mass is 9.60. The summed E-state index contributed by atoms with van der Waals surface area (Å²) in [6.45, 7) is 0. The zero-order valence-electron chi connectivity index (χ0n) is 10.0. The smallest absolute Gasteiger partial charge is 0.321 e. The number of carboxylic acid groups (broad SMARTS) is 1. The fourth-order valence-corrected chi connectivity index (χ4v) is 3.03. The van der Waals surface area contributed by atoms with Crippen LogP contribution in [0.1, 0.15) is 24.8 Å². The SMILES string of the molecule is NC(C(=O)O)C1(c2c[nH]c3ccccc23)CCC1. The zero-order valence-corrected chi connectivity index (χ0v) is 10.0. The molecule has 0 radical (unpaired) electrons. The molecule has 1 aromatic heterocycles. The highest BCUT2D eigenvalue weighted by Crippen LogP contribution is 2.48. The van der Waals surface area contributed by atoms with Gasteiger partial charge in [-0.2, -0.15) is 0 Å². The van der Waals surface area contributed by atoms with Crippen molar-refractivity contribution in [2.24, 2.45) is 5.73 Å². The summed E-state index contributed by atoms with van der Waals surface area (Å²) in [4.78, 5) is 14.4. The molecule has 1 aromatic carbocycles. The fourth-order valence-electron chi connectivity index (χ4n) is 3.03. The number of aromatic nitrogens is 1. The Morgan fingerprint density at radius 2 is 2.11 bits per heavy atom. The molecule has 4 N–H and O–H groups in total. The molecule has 1 heterocycles. The molecule has 1 aliphatic rings. The highest BCUT2D eigenvalue weighted by molar-refractivity contribution is 5.86. The van der Waals surface area contributed by atoms with E-state index in [4.69, 9.17) is 5.73 Å². The van der Waals surface area contributed by atoms with E-state index in [0.717, 1.165) is 35.7 Å². The molecule has 1 saturated carbocycles. The van der Waals surface area contributed by atoms with Crippen molar-refractivity contribution in [3.63, 3.8) is 0 Å². The van der Waals surface area contributed by atoms with Crippen LogP contribution in [0.25, 0.3) is 10.9 Å². The lowest BCUT2D eigenvalue weighted by Crippen LogP contribution is -2.54. The average Bonchev–Trinajstić information content (AvgIpc) is 2.72. The number of nitrogens with one attached hydrogen (secondary N) is 1. The van der Waals surface area contributed by atoms with Crippen LogP contribution in [0.3, 0.4) is 0 Å². The van der Waals surface area contributed by atoms with E-state index in [9.17, 15) is 9.90 Å². The van der Waals surface area contributed by atoms with Crippen LogP contribution in [0, 0.1) is 0 Å². The highest BCUT2D eigenvalue weighted by atomic mass is 16.4. The molecule has 0 bridgehead atoms. The van der Waals surface area contributed by atoms with Gasteiger partial charge in [0.1, 0.15) is 6.04 Å². The predicted octanol–water partition coefficient (Wildman–Crippen LogP) is 2.00. The van der Waals surface area contributed by atoms with Crippen LogP contribution in [-0.2, 0) is 10.2 Å². The van der Waals surface area contributed by atoms with Gasteiger partial charge in [-0.15, -0.1) is 0 Å². The zero-order chi connectivity index (χ0) is 12.8. The second kappa shape index (κ2) is 3.85. The summed E-state index contributed by atoms with van der Waals surface area (Å²) in [5.41, 5.74) is 7.62. The number of carboxylic acids is 1. The molecule has 4 heteroatoms. The molecule has 1 unspecified atom stereocenters. The van der Waals surface area contributed by atoms with E-state index < -0.39 is 17.4 Å². The minimum absolute atomic E-state index is 0.397. The predicted molar refractivity (Wildman–Crippen MR) is 69.4 cm³/mol. The average molecular weight is 244 g/mol. The van der Waals surface area contributed by atoms with Gasteiger partial charge in [0.05, 0.1) is 0 Å². The van der Waals surface area contributed by atoms with Crippen molar-refractivity contribution < 1.29 is 9.90 Å². The Hall–Kier alpha value is -1.81. The molecular formula is C14H16N2O2. The summed E-state index contributed by atoms with van der Waals surface area (Å²) in [5.74, 6) is -0.917. The van der Waals surface area contributed by atoms with E-state index in [1.165, 1.54) is 0 Å². The number of carbonyl (C=O) groups is 1. The van der Waals surface area contributed by atoms with Crippen LogP contribution in [0.5, 0.6) is 0 Å². The van der Waals surface area contributed by atoms with Crippen molar-refractivity contribution >= 4 is 16.9 Å². The van der Waals surface area contributed by atoms with Crippen LogP contribution in [-0.4, -0.2) is 22.1 Å². The summed E-state index contributed by atoms with van der Waals surface area (Å²) < 4.78 is 0. The van der Waals surface area contributed by atoms with E-state index in [1.807, 2.05) is 30.5 Å². The number of para-hydroxylation sites is 1. The number of benzene rings is 1. The molecule has 94 valence electrons. The Balaban J connectivity index is 2.14. The Morgan fingerprint density at radius 3 is 2.72 bits per heavy atom. The lowest BCUT2D eigenvalue weighted by molar-refractivity contribution is -0.141. The van der Waals surface area contributed by atoms with Gasteiger partial charge in [0.15, 0.2) is 0 Å². The van der Waals surface area contributed by atoms with Crippen molar-refractivity contribution in [3.05, 3.63) is 36.0 Å². The first-order valence-corrected chi connectivity index (χ1v) is 6.20. The molecule has 0 amide bonds. The third-order valence-electron chi connectivity index (χ3n) is 4.23. The van der Waals surface area contributed by atoms with Gasteiger partial charge in [-0.05, 0) is 24.5 Å². The number of rotatable bonds is 3. The van der Waals surface area contributed by atoms with Gasteiger partial charge in [0.25, 0.3) is 0 Å². The number of aromatic amines is 1. The number of H-pyrrole nitrogens is 1. The lowest BCUT2D eigenvalue weighted by Gasteiger charge is -2.44. The quantitative estimate of drug-likeness (QED) is 0.772. The molecular weight excluding hydrogens is 228 g/mol. The second-order valence-electron chi connectivity index (χ2n) is 5.07. The summed E-state index contributed by atoms with van der Waals surface area (Å²) in [5, 5.41) is 10.3. The molecule has 2 aromatic rings. The Morgan fingerprint density at radius 1 is 1.39 bits per heavy atom. The van der Waals surface area contributed by atoms with Crippen LogP contribution < -0.4 is 5.73 Å². The minimum Gasteiger partial charge on any atom is -0.480 e. The number of aliphatic carboxylic acids is 1. The molecule has 0 saturated heterocycles. The van der Waals surface area contributed by atoms with Crippen molar-refractivity contribution in [3.8, 4) is 0 Å². The Kier molecular flexibility index (Phi) is 2.41. The van der Waals surface area contributed by atoms with Crippen LogP contribution in [0.15, 0.2) is 30.5 Å². The molecule has 4 nitrogen and oxygen atoms in total. The minimum atomic E-state index is -0.917. The van der Waals surface area contributed by atoms with Gasteiger partial charge in [-0.25, -0.2) is 0 Å². The third-order valence-corrected chi connectivity index (χ3v) is 4.23. The maximum absolute atomic E-state index is 11.2. The van der Waals surface area contributed by atoms with Gasteiger partial charge >= 0.3 is 5.97 Å². The molecule has 0 spiro atoms. The summed E-state index contributed by atoms with van der Waals surface area (Å²) in [6.07, 6.45) is 4.66. The number of fused-ring (bicyclic) bond motifs is 1. The van der Waals surface area contributed by atoms with Gasteiger partial charge in [-0.1, -0.05) is 24.6 Å². The third kappa shape index (κ3) is 1.39. The van der Waals surface area contributed by atoms with E-state index in [1.54, 1.807) is 0 Å². The first-order chi connectivity index (χ1) is 8.65. The van der Waals surface area contributed by atoms with Gasteiger partial charge in [0, 0.05) is 22.5 Å². The fraction of sp³-hybridized carbons (Fsp3) is 0.357. The Bertz CT molecular complexity index is 599. The summed E-state index contributed by atoms with van der Waals surface area (Å²) in [6, 6.07) is 7.13. The maximum Gasteiger partial charge on any atom is 0.321 e. The monoisotopic (exact) mass is 244 g/mol. The number of hydrogen-bond acceptors (Lipinski definition) is 2. The van der Waals surface area contributed by atoms with Crippen molar-refractivity contribution in [1.82, 2.24) is 4.98 Å².